The molecule has 108 valence electrons. The van der Waals surface area contributed by atoms with Gasteiger partial charge in [-0.1, -0.05) is 30.3 Å². The van der Waals surface area contributed by atoms with Gasteiger partial charge in [-0.3, -0.25) is 4.90 Å². The summed E-state index contributed by atoms with van der Waals surface area (Å²) in [6.45, 7) is 5.17. The summed E-state index contributed by atoms with van der Waals surface area (Å²) in [6, 6.07) is 12.0. The third kappa shape index (κ3) is 2.40. The second kappa shape index (κ2) is 5.16. The molecule has 1 spiro atoms. The molecule has 2 aliphatic heterocycles. The summed E-state index contributed by atoms with van der Waals surface area (Å²) >= 11 is 0. The Hall–Kier alpha value is -0.860. The third-order valence-corrected chi connectivity index (χ3v) is 5.86. The summed E-state index contributed by atoms with van der Waals surface area (Å²) in [6.07, 6.45) is 6.98. The number of rotatable bonds is 3. The molecule has 3 fully saturated rings. The molecule has 2 nitrogen and oxygen atoms in total. The summed E-state index contributed by atoms with van der Waals surface area (Å²) in [4.78, 5) is 2.79. The molecule has 1 aromatic carbocycles. The lowest BCUT2D eigenvalue weighted by Gasteiger charge is -2.42. The van der Waals surface area contributed by atoms with Crippen LogP contribution in [0, 0.1) is 11.3 Å². The van der Waals surface area contributed by atoms with Crippen LogP contribution in [0.5, 0.6) is 0 Å². The summed E-state index contributed by atoms with van der Waals surface area (Å²) in [5.74, 6) is 0.822. The van der Waals surface area contributed by atoms with Crippen molar-refractivity contribution in [2.24, 2.45) is 11.3 Å². The van der Waals surface area contributed by atoms with E-state index in [1.165, 1.54) is 63.8 Å². The van der Waals surface area contributed by atoms with Crippen LogP contribution in [0.1, 0.15) is 31.2 Å². The van der Waals surface area contributed by atoms with Crippen LogP contribution in [-0.2, 0) is 6.42 Å². The van der Waals surface area contributed by atoms with E-state index in [0.717, 1.165) is 12.0 Å². The van der Waals surface area contributed by atoms with Gasteiger partial charge in [-0.25, -0.2) is 0 Å². The van der Waals surface area contributed by atoms with Gasteiger partial charge in [0.25, 0.3) is 0 Å². The average molecular weight is 270 g/mol. The van der Waals surface area contributed by atoms with Crippen molar-refractivity contribution < 1.29 is 0 Å². The first-order valence-electron chi connectivity index (χ1n) is 8.34. The van der Waals surface area contributed by atoms with Gasteiger partial charge in [-0.15, -0.1) is 0 Å². The van der Waals surface area contributed by atoms with Gasteiger partial charge in [0.15, 0.2) is 0 Å². The topological polar surface area (TPSA) is 15.3 Å². The van der Waals surface area contributed by atoms with Gasteiger partial charge in [0.2, 0.25) is 0 Å². The second-order valence-electron chi connectivity index (χ2n) is 7.15. The van der Waals surface area contributed by atoms with E-state index in [0.29, 0.717) is 5.41 Å². The first-order chi connectivity index (χ1) is 9.86. The summed E-state index contributed by atoms with van der Waals surface area (Å²) in [5, 5.41) is 3.65. The Bertz CT molecular complexity index is 454. The van der Waals surface area contributed by atoms with E-state index in [2.05, 4.69) is 40.5 Å². The van der Waals surface area contributed by atoms with Crippen molar-refractivity contribution in [2.75, 3.05) is 26.2 Å². The summed E-state index contributed by atoms with van der Waals surface area (Å²) < 4.78 is 0. The molecule has 0 aromatic heterocycles. The van der Waals surface area contributed by atoms with Crippen LogP contribution in [0.3, 0.4) is 0 Å². The standard InChI is InChI=1S/C18H26N2/c1-2-4-15(5-3-1)12-16-13-19-10-8-18(16)9-11-20(14-18)17-6-7-17/h1-5,16-17,19H,6-14H2. The van der Waals surface area contributed by atoms with Gasteiger partial charge in [-0.05, 0) is 68.6 Å². The minimum atomic E-state index is 0.601. The van der Waals surface area contributed by atoms with E-state index in [9.17, 15) is 0 Å². The normalized spacial score (nSPS) is 34.7. The zero-order chi connectivity index (χ0) is 13.4. The molecular formula is C18H26N2. The Kier molecular flexibility index (Phi) is 3.31. The Morgan fingerprint density at radius 3 is 2.80 bits per heavy atom. The minimum Gasteiger partial charge on any atom is -0.316 e. The van der Waals surface area contributed by atoms with Crippen molar-refractivity contribution in [1.29, 1.82) is 0 Å². The van der Waals surface area contributed by atoms with Crippen LogP contribution in [-0.4, -0.2) is 37.1 Å². The molecule has 2 heterocycles. The van der Waals surface area contributed by atoms with Crippen LogP contribution < -0.4 is 5.32 Å². The molecule has 2 saturated heterocycles. The maximum Gasteiger partial charge on any atom is 0.00966 e. The van der Waals surface area contributed by atoms with Gasteiger partial charge in [0, 0.05) is 12.6 Å². The molecule has 4 rings (SSSR count). The van der Waals surface area contributed by atoms with Crippen LogP contribution in [0.4, 0.5) is 0 Å². The highest BCUT2D eigenvalue weighted by atomic mass is 15.2. The molecule has 0 amide bonds. The molecular weight excluding hydrogens is 244 g/mol. The van der Waals surface area contributed by atoms with Gasteiger partial charge in [0.05, 0.1) is 0 Å². The molecule has 2 atom stereocenters. The summed E-state index contributed by atoms with van der Waals surface area (Å²) in [7, 11) is 0. The fraction of sp³-hybridized carbons (Fsp3) is 0.667. The van der Waals surface area contributed by atoms with Crippen molar-refractivity contribution in [3.8, 4) is 0 Å². The summed E-state index contributed by atoms with van der Waals surface area (Å²) in [5.41, 5.74) is 2.12. The highest BCUT2D eigenvalue weighted by Gasteiger charge is 2.48. The lowest BCUT2D eigenvalue weighted by molar-refractivity contribution is 0.111. The SMILES string of the molecule is c1ccc(CC2CNCCC23CCN(C2CC2)C3)cc1. The highest BCUT2D eigenvalue weighted by molar-refractivity contribution is 5.17. The lowest BCUT2D eigenvalue weighted by Crippen LogP contribution is -2.47. The molecule has 1 saturated carbocycles. The van der Waals surface area contributed by atoms with Crippen molar-refractivity contribution >= 4 is 0 Å². The first-order valence-corrected chi connectivity index (χ1v) is 8.34. The van der Waals surface area contributed by atoms with Gasteiger partial charge >= 0.3 is 0 Å². The smallest absolute Gasteiger partial charge is 0.00966 e. The van der Waals surface area contributed by atoms with Crippen LogP contribution in [0.25, 0.3) is 0 Å². The fourth-order valence-electron chi connectivity index (χ4n) is 4.44. The quantitative estimate of drug-likeness (QED) is 0.908. The zero-order valence-corrected chi connectivity index (χ0v) is 12.4. The van der Waals surface area contributed by atoms with E-state index in [1.54, 1.807) is 0 Å². The Morgan fingerprint density at radius 2 is 2.00 bits per heavy atom. The Labute approximate surface area is 122 Å². The molecule has 1 aromatic rings. The van der Waals surface area contributed by atoms with E-state index in [4.69, 9.17) is 0 Å². The molecule has 20 heavy (non-hydrogen) atoms. The monoisotopic (exact) mass is 270 g/mol. The minimum absolute atomic E-state index is 0.601. The average Bonchev–Trinajstić information content (AvgIpc) is 3.25. The number of nitrogens with one attached hydrogen (secondary N) is 1. The number of benzene rings is 1. The third-order valence-electron chi connectivity index (χ3n) is 5.86. The van der Waals surface area contributed by atoms with Crippen molar-refractivity contribution in [3.63, 3.8) is 0 Å². The molecule has 1 N–H and O–H groups in total. The predicted molar refractivity (Wildman–Crippen MR) is 82.8 cm³/mol. The number of hydrogen-bond donors (Lipinski definition) is 1. The van der Waals surface area contributed by atoms with Crippen LogP contribution >= 0.6 is 0 Å². The molecule has 3 aliphatic rings. The Balaban J connectivity index is 1.51. The fourth-order valence-corrected chi connectivity index (χ4v) is 4.44. The van der Waals surface area contributed by atoms with E-state index >= 15 is 0 Å². The number of likely N-dealkylation sites (tertiary alicyclic amines) is 1. The molecule has 0 bridgehead atoms. The Morgan fingerprint density at radius 1 is 1.15 bits per heavy atom. The van der Waals surface area contributed by atoms with Gasteiger partial charge in [0.1, 0.15) is 0 Å². The molecule has 0 radical (unpaired) electrons. The maximum absolute atomic E-state index is 3.65. The van der Waals surface area contributed by atoms with Crippen LogP contribution in [0.15, 0.2) is 30.3 Å². The van der Waals surface area contributed by atoms with Gasteiger partial charge < -0.3 is 5.32 Å². The van der Waals surface area contributed by atoms with E-state index in [-0.39, 0.29) is 0 Å². The number of hydrogen-bond acceptors (Lipinski definition) is 2. The van der Waals surface area contributed by atoms with Crippen molar-refractivity contribution in [1.82, 2.24) is 10.2 Å². The predicted octanol–water partition coefficient (Wildman–Crippen LogP) is 2.69. The molecule has 2 heteroatoms. The number of nitrogens with zero attached hydrogens (tertiary/aromatic N) is 1. The van der Waals surface area contributed by atoms with Crippen molar-refractivity contribution in [3.05, 3.63) is 35.9 Å². The molecule has 2 unspecified atom stereocenters. The van der Waals surface area contributed by atoms with Crippen molar-refractivity contribution in [2.45, 2.75) is 38.1 Å². The molecule has 1 aliphatic carbocycles. The highest BCUT2D eigenvalue weighted by Crippen LogP contribution is 2.46. The van der Waals surface area contributed by atoms with Gasteiger partial charge in [-0.2, -0.15) is 0 Å². The largest absolute Gasteiger partial charge is 0.316 e. The zero-order valence-electron chi connectivity index (χ0n) is 12.4. The van der Waals surface area contributed by atoms with E-state index in [1.807, 2.05) is 0 Å². The van der Waals surface area contributed by atoms with Crippen LogP contribution in [0.2, 0.25) is 0 Å². The first kappa shape index (κ1) is 12.8. The van der Waals surface area contributed by atoms with E-state index < -0.39 is 0 Å². The second-order valence-corrected chi connectivity index (χ2v) is 7.15. The lowest BCUT2D eigenvalue weighted by atomic mass is 9.68. The number of piperidine rings is 1. The maximum atomic E-state index is 3.65.